The molecule has 0 unspecified atom stereocenters. The van der Waals surface area contributed by atoms with Crippen molar-refractivity contribution in [3.63, 3.8) is 0 Å². The van der Waals surface area contributed by atoms with Gasteiger partial charge < -0.3 is 10.6 Å². The third-order valence-corrected chi connectivity index (χ3v) is 1.94. The zero-order chi connectivity index (χ0) is 12.3. The van der Waals surface area contributed by atoms with Gasteiger partial charge in [0.15, 0.2) is 5.84 Å². The molecule has 86 valence electrons. The Labute approximate surface area is 94.6 Å². The molecular weight excluding hydrogens is 242 g/mol. The Hall–Kier alpha value is -1.69. The van der Waals surface area contributed by atoms with E-state index in [0.29, 0.717) is 0 Å². The number of hydrogen-bond donors (Lipinski definition) is 1. The van der Waals surface area contributed by atoms with Crippen LogP contribution in [0.3, 0.4) is 0 Å². The van der Waals surface area contributed by atoms with Gasteiger partial charge in [-0.15, -0.1) is 0 Å². The van der Waals surface area contributed by atoms with Crippen LogP contribution in [0.5, 0.6) is 0 Å². The third kappa shape index (κ3) is 2.66. The highest BCUT2D eigenvalue weighted by atomic mass is 35.5. The summed E-state index contributed by atoms with van der Waals surface area (Å²) in [6.45, 7) is 1.08. The maximum absolute atomic E-state index is 13.3. The molecule has 0 spiro atoms. The second kappa shape index (κ2) is 4.89. The van der Waals surface area contributed by atoms with Gasteiger partial charge in [-0.05, 0) is 12.1 Å². The minimum atomic E-state index is -0.861. The first kappa shape index (κ1) is 12.4. The van der Waals surface area contributed by atoms with E-state index in [-0.39, 0.29) is 0 Å². The standard InChI is InChI=1S/C9H7ClF2N2O2/c1-4(15)16-14-9(13)7-5(11)2-3-6(12)8(7)10/h2-3H,1H3,(H2,13,14). The Morgan fingerprint density at radius 2 is 2.00 bits per heavy atom. The molecule has 0 fully saturated rings. The zero-order valence-corrected chi connectivity index (χ0v) is 8.89. The summed E-state index contributed by atoms with van der Waals surface area (Å²) in [4.78, 5) is 14.6. The van der Waals surface area contributed by atoms with Gasteiger partial charge in [0.25, 0.3) is 0 Å². The van der Waals surface area contributed by atoms with Crippen molar-refractivity contribution in [3.8, 4) is 0 Å². The van der Waals surface area contributed by atoms with Crippen LogP contribution in [-0.4, -0.2) is 11.8 Å². The van der Waals surface area contributed by atoms with Crippen molar-refractivity contribution in [1.82, 2.24) is 0 Å². The van der Waals surface area contributed by atoms with Crippen LogP contribution >= 0.6 is 11.6 Å². The second-order valence-electron chi connectivity index (χ2n) is 2.78. The van der Waals surface area contributed by atoms with Crippen molar-refractivity contribution in [3.05, 3.63) is 34.4 Å². The number of rotatable bonds is 2. The summed E-state index contributed by atoms with van der Waals surface area (Å²) < 4.78 is 26.3. The number of carbonyl (C=O) groups is 1. The SMILES string of the molecule is CC(=O)ON=C(N)c1c(F)ccc(F)c1Cl. The molecule has 0 aliphatic carbocycles. The molecule has 0 saturated carbocycles. The van der Waals surface area contributed by atoms with E-state index in [1.165, 1.54) is 0 Å². The zero-order valence-electron chi connectivity index (χ0n) is 8.13. The molecule has 0 atom stereocenters. The Balaban J connectivity index is 3.17. The van der Waals surface area contributed by atoms with Crippen molar-refractivity contribution in [2.45, 2.75) is 6.92 Å². The van der Waals surface area contributed by atoms with Crippen LogP contribution in [-0.2, 0) is 9.63 Å². The van der Waals surface area contributed by atoms with Gasteiger partial charge in [-0.3, -0.25) is 0 Å². The fraction of sp³-hybridized carbons (Fsp3) is 0.111. The van der Waals surface area contributed by atoms with Gasteiger partial charge in [0, 0.05) is 6.92 Å². The lowest BCUT2D eigenvalue weighted by Crippen LogP contribution is -2.17. The molecule has 0 bridgehead atoms. The summed E-state index contributed by atoms with van der Waals surface area (Å²) in [6, 6.07) is 1.69. The van der Waals surface area contributed by atoms with Gasteiger partial charge in [0.2, 0.25) is 0 Å². The summed E-state index contributed by atoms with van der Waals surface area (Å²) in [5.41, 5.74) is 4.85. The van der Waals surface area contributed by atoms with Gasteiger partial charge in [-0.25, -0.2) is 13.6 Å². The molecule has 1 aromatic carbocycles. The van der Waals surface area contributed by atoms with E-state index in [1.807, 2.05) is 0 Å². The number of benzene rings is 1. The van der Waals surface area contributed by atoms with Crippen LogP contribution in [0.15, 0.2) is 17.3 Å². The lowest BCUT2D eigenvalue weighted by molar-refractivity contribution is -0.140. The minimum absolute atomic E-state index is 0.442. The summed E-state index contributed by atoms with van der Waals surface area (Å²) in [5, 5.41) is 2.59. The van der Waals surface area contributed by atoms with E-state index in [1.54, 1.807) is 0 Å². The summed E-state index contributed by atoms with van der Waals surface area (Å²) >= 11 is 5.49. The topological polar surface area (TPSA) is 64.7 Å². The quantitative estimate of drug-likeness (QED) is 0.285. The number of nitrogens with zero attached hydrogens (tertiary/aromatic N) is 1. The monoisotopic (exact) mass is 248 g/mol. The summed E-state index contributed by atoms with van der Waals surface area (Å²) in [7, 11) is 0. The Morgan fingerprint density at radius 3 is 2.56 bits per heavy atom. The van der Waals surface area contributed by atoms with E-state index in [2.05, 4.69) is 9.99 Å². The molecule has 2 N–H and O–H groups in total. The molecule has 0 aliphatic rings. The first-order valence-electron chi connectivity index (χ1n) is 4.08. The molecule has 1 aromatic rings. The van der Waals surface area contributed by atoms with Crippen LogP contribution in [0.25, 0.3) is 0 Å². The second-order valence-corrected chi connectivity index (χ2v) is 3.16. The Bertz CT molecular complexity index is 463. The van der Waals surface area contributed by atoms with Crippen LogP contribution < -0.4 is 5.73 Å². The van der Waals surface area contributed by atoms with Crippen LogP contribution in [0.4, 0.5) is 8.78 Å². The van der Waals surface area contributed by atoms with Crippen molar-refractivity contribution in [1.29, 1.82) is 0 Å². The predicted molar refractivity (Wildman–Crippen MR) is 53.9 cm³/mol. The highest BCUT2D eigenvalue weighted by Crippen LogP contribution is 2.22. The summed E-state index contributed by atoms with van der Waals surface area (Å²) in [6.07, 6.45) is 0. The first-order chi connectivity index (χ1) is 7.43. The van der Waals surface area contributed by atoms with Gasteiger partial charge in [0.1, 0.15) is 11.6 Å². The number of hydrogen-bond acceptors (Lipinski definition) is 3. The smallest absolute Gasteiger partial charge is 0.332 e. The molecule has 0 amide bonds. The van der Waals surface area contributed by atoms with Gasteiger partial charge >= 0.3 is 5.97 Å². The highest BCUT2D eigenvalue weighted by Gasteiger charge is 2.16. The van der Waals surface area contributed by atoms with Crippen molar-refractivity contribution in [2.24, 2.45) is 10.9 Å². The maximum atomic E-state index is 13.3. The maximum Gasteiger partial charge on any atom is 0.332 e. The lowest BCUT2D eigenvalue weighted by Gasteiger charge is -2.05. The molecule has 7 heteroatoms. The molecule has 1 rings (SSSR count). The van der Waals surface area contributed by atoms with E-state index >= 15 is 0 Å². The highest BCUT2D eigenvalue weighted by molar-refractivity contribution is 6.34. The average Bonchev–Trinajstić information content (AvgIpc) is 2.21. The van der Waals surface area contributed by atoms with Crippen molar-refractivity contribution in [2.75, 3.05) is 0 Å². The van der Waals surface area contributed by atoms with E-state index in [9.17, 15) is 13.6 Å². The number of amidine groups is 1. The number of carbonyl (C=O) groups excluding carboxylic acids is 1. The molecule has 16 heavy (non-hydrogen) atoms. The van der Waals surface area contributed by atoms with Crippen LogP contribution in [0.1, 0.15) is 12.5 Å². The molecule has 0 saturated heterocycles. The number of halogens is 3. The van der Waals surface area contributed by atoms with Gasteiger partial charge in [-0.1, -0.05) is 16.8 Å². The van der Waals surface area contributed by atoms with Crippen LogP contribution in [0, 0.1) is 11.6 Å². The van der Waals surface area contributed by atoms with Gasteiger partial charge in [0.05, 0.1) is 10.6 Å². The number of nitrogens with two attached hydrogens (primary N) is 1. The first-order valence-corrected chi connectivity index (χ1v) is 4.46. The van der Waals surface area contributed by atoms with Crippen molar-refractivity contribution < 1.29 is 18.4 Å². The molecule has 4 nitrogen and oxygen atoms in total. The van der Waals surface area contributed by atoms with E-state index < -0.39 is 34.0 Å². The fourth-order valence-electron chi connectivity index (χ4n) is 0.921. The average molecular weight is 249 g/mol. The van der Waals surface area contributed by atoms with Gasteiger partial charge in [-0.2, -0.15) is 0 Å². The van der Waals surface area contributed by atoms with E-state index in [4.69, 9.17) is 17.3 Å². The molecular formula is C9H7ClF2N2O2. The normalized spacial score (nSPS) is 11.4. The largest absolute Gasteiger partial charge is 0.380 e. The minimum Gasteiger partial charge on any atom is -0.380 e. The molecule has 0 heterocycles. The lowest BCUT2D eigenvalue weighted by atomic mass is 10.2. The fourth-order valence-corrected chi connectivity index (χ4v) is 1.17. The predicted octanol–water partition coefficient (Wildman–Crippen LogP) is 1.80. The number of oxime groups is 1. The third-order valence-electron chi connectivity index (χ3n) is 1.57. The Kier molecular flexibility index (Phi) is 3.78. The van der Waals surface area contributed by atoms with Crippen LogP contribution in [0.2, 0.25) is 5.02 Å². The van der Waals surface area contributed by atoms with Crippen molar-refractivity contribution >= 4 is 23.4 Å². The molecule has 0 radical (unpaired) electrons. The van der Waals surface area contributed by atoms with E-state index in [0.717, 1.165) is 19.1 Å². The molecule has 0 aromatic heterocycles. The summed E-state index contributed by atoms with van der Waals surface area (Å²) in [5.74, 6) is -2.97. The molecule has 0 aliphatic heterocycles. The Morgan fingerprint density at radius 1 is 1.44 bits per heavy atom.